The molecule has 0 aliphatic rings. The van der Waals surface area contributed by atoms with Gasteiger partial charge in [0, 0.05) is 18.7 Å². The fourth-order valence-electron chi connectivity index (χ4n) is 3.59. The van der Waals surface area contributed by atoms with E-state index in [9.17, 15) is 26.8 Å². The van der Waals surface area contributed by atoms with Crippen molar-refractivity contribution in [2.24, 2.45) is 0 Å². The molecular formula is C25H33F2N3O4S. The molecule has 0 aromatic heterocycles. The minimum absolute atomic E-state index is 0.0767. The predicted molar refractivity (Wildman–Crippen MR) is 132 cm³/mol. The fraction of sp³-hybridized carbons (Fsp3) is 0.440. The number of anilines is 1. The molecular weight excluding hydrogens is 476 g/mol. The molecule has 1 N–H and O–H groups in total. The Labute approximate surface area is 206 Å². The van der Waals surface area contributed by atoms with E-state index in [-0.39, 0.29) is 24.2 Å². The number of carbonyl (C=O) groups is 2. The minimum Gasteiger partial charge on any atom is -0.352 e. The zero-order valence-electron chi connectivity index (χ0n) is 20.7. The van der Waals surface area contributed by atoms with Gasteiger partial charge in [-0.2, -0.15) is 0 Å². The molecule has 0 saturated heterocycles. The topological polar surface area (TPSA) is 86.8 Å². The van der Waals surface area contributed by atoms with Crippen LogP contribution in [-0.2, 0) is 26.2 Å². The molecule has 2 aromatic carbocycles. The van der Waals surface area contributed by atoms with Crippen LogP contribution >= 0.6 is 0 Å². The summed E-state index contributed by atoms with van der Waals surface area (Å²) in [6.07, 6.45) is 1.87. The molecule has 0 fully saturated rings. The van der Waals surface area contributed by atoms with Crippen molar-refractivity contribution in [3.05, 3.63) is 65.2 Å². The number of benzene rings is 2. The van der Waals surface area contributed by atoms with Gasteiger partial charge in [-0.1, -0.05) is 38.1 Å². The maximum absolute atomic E-state index is 13.9. The van der Waals surface area contributed by atoms with Crippen LogP contribution in [0.4, 0.5) is 14.5 Å². The molecule has 0 heterocycles. The molecule has 7 nitrogen and oxygen atoms in total. The van der Waals surface area contributed by atoms with E-state index < -0.39 is 40.2 Å². The number of hydrogen-bond donors (Lipinski definition) is 1. The van der Waals surface area contributed by atoms with Gasteiger partial charge in [0.05, 0.1) is 11.9 Å². The van der Waals surface area contributed by atoms with Crippen molar-refractivity contribution < 1.29 is 26.8 Å². The number of rotatable bonds is 11. The lowest BCUT2D eigenvalue weighted by Gasteiger charge is -2.33. The fourth-order valence-corrected chi connectivity index (χ4v) is 4.43. The highest BCUT2D eigenvalue weighted by molar-refractivity contribution is 7.92. The molecule has 10 heteroatoms. The van der Waals surface area contributed by atoms with E-state index in [1.165, 1.54) is 4.90 Å². The highest BCUT2D eigenvalue weighted by Gasteiger charge is 2.32. The summed E-state index contributed by atoms with van der Waals surface area (Å²) in [5.41, 5.74) is 1.52. The number of halogens is 2. The first-order valence-electron chi connectivity index (χ1n) is 11.5. The van der Waals surface area contributed by atoms with E-state index in [2.05, 4.69) is 5.32 Å². The predicted octanol–water partition coefficient (Wildman–Crippen LogP) is 3.76. The normalized spacial score (nSPS) is 13.1. The van der Waals surface area contributed by atoms with Crippen molar-refractivity contribution in [2.45, 2.75) is 59.2 Å². The van der Waals surface area contributed by atoms with Crippen LogP contribution in [0.25, 0.3) is 0 Å². The molecule has 0 unspecified atom stereocenters. The summed E-state index contributed by atoms with van der Waals surface area (Å²) >= 11 is 0. The van der Waals surface area contributed by atoms with E-state index in [1.54, 1.807) is 6.92 Å². The van der Waals surface area contributed by atoms with Gasteiger partial charge in [0.2, 0.25) is 21.8 Å². The van der Waals surface area contributed by atoms with Crippen LogP contribution in [0.15, 0.2) is 42.5 Å². The van der Waals surface area contributed by atoms with E-state index in [0.717, 1.165) is 35.6 Å². The van der Waals surface area contributed by atoms with Crippen LogP contribution in [0.2, 0.25) is 0 Å². The number of amides is 2. The van der Waals surface area contributed by atoms with Gasteiger partial charge in [-0.15, -0.1) is 0 Å². The highest BCUT2D eigenvalue weighted by atomic mass is 32.2. The standard InChI is InChI=1S/C25H33F2N3O4S/c1-6-18(4)28-25(32)23(7-2)29(15-19-11-9-8-10-17(19)3)24(31)16-30(35(5,33)34)20-12-13-21(26)22(27)14-20/h8-14,18,23H,6-7,15-16H2,1-5H3,(H,28,32)/t18-,23-/m1/s1. The molecule has 0 saturated carbocycles. The number of aryl methyl sites for hydroxylation is 1. The van der Waals surface area contributed by atoms with Gasteiger partial charge in [-0.05, 0) is 49.9 Å². The smallest absolute Gasteiger partial charge is 0.244 e. The van der Waals surface area contributed by atoms with Crippen molar-refractivity contribution in [1.82, 2.24) is 10.2 Å². The second-order valence-corrected chi connectivity index (χ2v) is 10.5. The Hall–Kier alpha value is -3.01. The number of nitrogens with one attached hydrogen (secondary N) is 1. The number of nitrogens with zero attached hydrogens (tertiary/aromatic N) is 2. The van der Waals surface area contributed by atoms with Crippen LogP contribution in [-0.4, -0.2) is 50.0 Å². The number of hydrogen-bond acceptors (Lipinski definition) is 4. The van der Waals surface area contributed by atoms with E-state index in [0.29, 0.717) is 17.1 Å². The summed E-state index contributed by atoms with van der Waals surface area (Å²) in [6.45, 7) is 6.82. The zero-order valence-corrected chi connectivity index (χ0v) is 21.5. The van der Waals surface area contributed by atoms with Gasteiger partial charge in [0.1, 0.15) is 12.6 Å². The van der Waals surface area contributed by atoms with Crippen LogP contribution in [0.5, 0.6) is 0 Å². The molecule has 0 aliphatic heterocycles. The monoisotopic (exact) mass is 509 g/mol. The molecule has 2 aromatic rings. The first kappa shape index (κ1) is 28.2. The summed E-state index contributed by atoms with van der Waals surface area (Å²) in [4.78, 5) is 28.0. The Morgan fingerprint density at radius 3 is 2.23 bits per heavy atom. The third-order valence-electron chi connectivity index (χ3n) is 5.86. The largest absolute Gasteiger partial charge is 0.352 e. The van der Waals surface area contributed by atoms with Crippen LogP contribution in [0.3, 0.4) is 0 Å². The third kappa shape index (κ3) is 7.48. The maximum atomic E-state index is 13.9. The Morgan fingerprint density at radius 2 is 1.69 bits per heavy atom. The highest BCUT2D eigenvalue weighted by Crippen LogP contribution is 2.22. The summed E-state index contributed by atoms with van der Waals surface area (Å²) in [5.74, 6) is -3.36. The lowest BCUT2D eigenvalue weighted by molar-refractivity contribution is -0.140. The van der Waals surface area contributed by atoms with Crippen molar-refractivity contribution in [1.29, 1.82) is 0 Å². The second kappa shape index (κ2) is 12.1. The van der Waals surface area contributed by atoms with E-state index >= 15 is 0 Å². The van der Waals surface area contributed by atoms with Gasteiger partial charge in [-0.3, -0.25) is 13.9 Å². The van der Waals surface area contributed by atoms with Crippen molar-refractivity contribution >= 4 is 27.5 Å². The molecule has 2 amide bonds. The number of carbonyl (C=O) groups excluding carboxylic acids is 2. The van der Waals surface area contributed by atoms with E-state index in [1.807, 2.05) is 45.0 Å². The molecule has 0 bridgehead atoms. The molecule has 192 valence electrons. The van der Waals surface area contributed by atoms with E-state index in [4.69, 9.17) is 0 Å². The summed E-state index contributed by atoms with van der Waals surface area (Å²) in [5, 5.41) is 2.89. The van der Waals surface area contributed by atoms with Crippen LogP contribution in [0.1, 0.15) is 44.7 Å². The van der Waals surface area contributed by atoms with Gasteiger partial charge in [-0.25, -0.2) is 17.2 Å². The van der Waals surface area contributed by atoms with Crippen molar-refractivity contribution in [3.8, 4) is 0 Å². The van der Waals surface area contributed by atoms with Gasteiger partial charge in [0.25, 0.3) is 0 Å². The Balaban J connectivity index is 2.47. The Bertz CT molecular complexity index is 1160. The van der Waals surface area contributed by atoms with Crippen LogP contribution < -0.4 is 9.62 Å². The summed E-state index contributed by atoms with van der Waals surface area (Å²) in [7, 11) is -4.04. The van der Waals surface area contributed by atoms with Gasteiger partial charge in [0.15, 0.2) is 11.6 Å². The van der Waals surface area contributed by atoms with Crippen molar-refractivity contribution in [3.63, 3.8) is 0 Å². The lowest BCUT2D eigenvalue weighted by atomic mass is 10.1. The maximum Gasteiger partial charge on any atom is 0.244 e. The summed E-state index contributed by atoms with van der Waals surface area (Å²) < 4.78 is 53.0. The molecule has 2 rings (SSSR count). The molecule has 0 aliphatic carbocycles. The zero-order chi connectivity index (χ0) is 26.3. The quantitative estimate of drug-likeness (QED) is 0.500. The first-order valence-corrected chi connectivity index (χ1v) is 13.3. The van der Waals surface area contributed by atoms with Gasteiger partial charge < -0.3 is 10.2 Å². The average molecular weight is 510 g/mol. The molecule has 2 atom stereocenters. The SMILES string of the molecule is CC[C@@H](C)NC(=O)[C@@H](CC)N(Cc1ccccc1C)C(=O)CN(c1ccc(F)c(F)c1)S(C)(=O)=O. The number of sulfonamides is 1. The average Bonchev–Trinajstić information content (AvgIpc) is 2.79. The minimum atomic E-state index is -4.04. The van der Waals surface area contributed by atoms with Crippen LogP contribution in [0, 0.1) is 18.6 Å². The molecule has 0 spiro atoms. The Morgan fingerprint density at radius 1 is 1.03 bits per heavy atom. The lowest BCUT2D eigenvalue weighted by Crippen LogP contribution is -2.53. The third-order valence-corrected chi connectivity index (χ3v) is 7.00. The molecule has 35 heavy (non-hydrogen) atoms. The van der Waals surface area contributed by atoms with Gasteiger partial charge >= 0.3 is 0 Å². The van der Waals surface area contributed by atoms with Crippen molar-refractivity contribution in [2.75, 3.05) is 17.1 Å². The second-order valence-electron chi connectivity index (χ2n) is 8.56. The Kier molecular flexibility index (Phi) is 9.76. The first-order chi connectivity index (χ1) is 16.4. The summed E-state index contributed by atoms with van der Waals surface area (Å²) in [6, 6.07) is 9.02. The molecule has 0 radical (unpaired) electrons.